The molecule has 0 fully saturated rings. The third kappa shape index (κ3) is 1.28. The Hall–Kier alpha value is -1.09. The summed E-state index contributed by atoms with van der Waals surface area (Å²) in [6.07, 6.45) is 6.36. The van der Waals surface area contributed by atoms with Crippen LogP contribution in [0.4, 0.5) is 0 Å². The van der Waals surface area contributed by atoms with Crippen molar-refractivity contribution in [2.45, 2.75) is 13.3 Å². The van der Waals surface area contributed by atoms with Gasteiger partial charge in [-0.3, -0.25) is 0 Å². The zero-order valence-electron chi connectivity index (χ0n) is 6.78. The third-order valence-corrected chi connectivity index (χ3v) is 2.86. The fourth-order valence-electron chi connectivity index (χ4n) is 0.991. The van der Waals surface area contributed by atoms with Crippen molar-refractivity contribution in [2.24, 2.45) is 0 Å². The van der Waals surface area contributed by atoms with Crippen LogP contribution in [0.5, 0.6) is 0 Å². The molecule has 0 aliphatic rings. The zero-order chi connectivity index (χ0) is 8.39. The summed E-state index contributed by atoms with van der Waals surface area (Å²) in [6, 6.07) is 1.93. The summed E-state index contributed by atoms with van der Waals surface area (Å²) in [5.41, 5.74) is 1.07. The molecule has 0 N–H and O–H groups in total. The average molecular weight is 179 g/mol. The van der Waals surface area contributed by atoms with Crippen molar-refractivity contribution in [3.05, 3.63) is 29.7 Å². The molecule has 2 rings (SSSR count). The lowest BCUT2D eigenvalue weighted by Gasteiger charge is -1.84. The van der Waals surface area contributed by atoms with Gasteiger partial charge in [0.05, 0.1) is 6.26 Å². The van der Waals surface area contributed by atoms with Gasteiger partial charge in [0.15, 0.2) is 0 Å². The van der Waals surface area contributed by atoms with Crippen LogP contribution in [0, 0.1) is 0 Å². The Bertz CT molecular complexity index is 350. The molecule has 62 valence electrons. The van der Waals surface area contributed by atoms with Crippen LogP contribution >= 0.6 is 11.3 Å². The van der Waals surface area contributed by atoms with E-state index in [9.17, 15) is 0 Å². The van der Waals surface area contributed by atoms with Gasteiger partial charge < -0.3 is 4.42 Å². The van der Waals surface area contributed by atoms with Crippen molar-refractivity contribution in [1.82, 2.24) is 4.98 Å². The molecule has 3 heteroatoms. The first-order chi connectivity index (χ1) is 5.90. The molecule has 2 aromatic heterocycles. The topological polar surface area (TPSA) is 26.0 Å². The molecule has 0 amide bonds. The van der Waals surface area contributed by atoms with E-state index >= 15 is 0 Å². The molecule has 12 heavy (non-hydrogen) atoms. The molecule has 0 bridgehead atoms. The smallest absolute Gasteiger partial charge is 0.126 e. The molecular weight excluding hydrogens is 170 g/mol. The Morgan fingerprint density at radius 3 is 3.08 bits per heavy atom. The molecule has 0 radical (unpaired) electrons. The van der Waals surface area contributed by atoms with E-state index in [1.54, 1.807) is 23.9 Å². The van der Waals surface area contributed by atoms with E-state index in [4.69, 9.17) is 4.42 Å². The van der Waals surface area contributed by atoms with Crippen molar-refractivity contribution >= 4 is 11.3 Å². The fourth-order valence-corrected chi connectivity index (χ4v) is 1.83. The quantitative estimate of drug-likeness (QED) is 0.708. The lowest BCUT2D eigenvalue weighted by Crippen LogP contribution is -1.65. The number of aromatic nitrogens is 1. The molecule has 0 aliphatic heterocycles. The van der Waals surface area contributed by atoms with Crippen molar-refractivity contribution < 1.29 is 4.42 Å². The zero-order valence-corrected chi connectivity index (χ0v) is 7.60. The number of thiazole rings is 1. The molecule has 0 saturated heterocycles. The van der Waals surface area contributed by atoms with Gasteiger partial charge in [-0.25, -0.2) is 4.98 Å². The molecule has 0 unspecified atom stereocenters. The summed E-state index contributed by atoms with van der Waals surface area (Å²) in [4.78, 5) is 5.60. The van der Waals surface area contributed by atoms with Crippen LogP contribution in [0.1, 0.15) is 11.8 Å². The molecule has 2 aromatic rings. The summed E-state index contributed by atoms with van der Waals surface area (Å²) in [6.45, 7) is 2.13. The van der Waals surface area contributed by atoms with Gasteiger partial charge in [0.2, 0.25) is 0 Å². The van der Waals surface area contributed by atoms with Crippen LogP contribution in [-0.4, -0.2) is 4.98 Å². The monoisotopic (exact) mass is 179 g/mol. The highest BCUT2D eigenvalue weighted by atomic mass is 32.1. The summed E-state index contributed by atoms with van der Waals surface area (Å²) < 4.78 is 4.98. The molecule has 2 heterocycles. The minimum atomic E-state index is 1.04. The van der Waals surface area contributed by atoms with Crippen molar-refractivity contribution in [3.8, 4) is 10.6 Å². The van der Waals surface area contributed by atoms with Gasteiger partial charge in [0.1, 0.15) is 11.3 Å². The van der Waals surface area contributed by atoms with Crippen LogP contribution in [0.2, 0.25) is 0 Å². The minimum Gasteiger partial charge on any atom is -0.472 e. The van der Waals surface area contributed by atoms with Gasteiger partial charge in [-0.2, -0.15) is 0 Å². The van der Waals surface area contributed by atoms with Gasteiger partial charge in [-0.05, 0) is 12.5 Å². The van der Waals surface area contributed by atoms with Crippen molar-refractivity contribution in [1.29, 1.82) is 0 Å². The Kier molecular flexibility index (Phi) is 1.96. The van der Waals surface area contributed by atoms with E-state index in [2.05, 4.69) is 11.9 Å². The molecule has 0 saturated carbocycles. The lowest BCUT2D eigenvalue weighted by molar-refractivity contribution is 0.568. The Morgan fingerprint density at radius 1 is 1.58 bits per heavy atom. The second-order valence-electron chi connectivity index (χ2n) is 2.50. The predicted molar refractivity (Wildman–Crippen MR) is 49.2 cm³/mol. The van der Waals surface area contributed by atoms with Crippen molar-refractivity contribution in [2.75, 3.05) is 0 Å². The number of furan rings is 1. The highest BCUT2D eigenvalue weighted by Crippen LogP contribution is 2.25. The summed E-state index contributed by atoms with van der Waals surface area (Å²) in [7, 11) is 0. The first kappa shape index (κ1) is 7.55. The van der Waals surface area contributed by atoms with E-state index in [1.165, 1.54) is 4.88 Å². The van der Waals surface area contributed by atoms with Gasteiger partial charge in [-0.15, -0.1) is 11.3 Å². The van der Waals surface area contributed by atoms with E-state index in [0.717, 1.165) is 17.0 Å². The van der Waals surface area contributed by atoms with E-state index in [-0.39, 0.29) is 0 Å². The molecule has 0 aromatic carbocycles. The molecule has 0 aliphatic carbocycles. The molecule has 0 atom stereocenters. The largest absolute Gasteiger partial charge is 0.472 e. The molecule has 2 nitrogen and oxygen atoms in total. The van der Waals surface area contributed by atoms with Crippen LogP contribution < -0.4 is 0 Å². The highest BCUT2D eigenvalue weighted by Gasteiger charge is 2.03. The fraction of sp³-hybridized carbons (Fsp3) is 0.222. The number of hydrogen-bond acceptors (Lipinski definition) is 3. The summed E-state index contributed by atoms with van der Waals surface area (Å²) >= 11 is 1.72. The van der Waals surface area contributed by atoms with Crippen LogP contribution in [0.15, 0.2) is 29.2 Å². The van der Waals surface area contributed by atoms with Crippen LogP contribution in [0.3, 0.4) is 0 Å². The summed E-state index contributed by atoms with van der Waals surface area (Å²) in [5, 5.41) is 1.04. The van der Waals surface area contributed by atoms with Gasteiger partial charge in [0.25, 0.3) is 0 Å². The van der Waals surface area contributed by atoms with Crippen LogP contribution in [0.25, 0.3) is 10.6 Å². The maximum atomic E-state index is 4.98. The van der Waals surface area contributed by atoms with Crippen molar-refractivity contribution in [3.63, 3.8) is 0 Å². The summed E-state index contributed by atoms with van der Waals surface area (Å²) in [5.74, 6) is 0. The normalized spacial score (nSPS) is 10.4. The minimum absolute atomic E-state index is 1.04. The Balaban J connectivity index is 2.35. The van der Waals surface area contributed by atoms with Gasteiger partial charge >= 0.3 is 0 Å². The number of hydrogen-bond donors (Lipinski definition) is 0. The Labute approximate surface area is 74.9 Å². The average Bonchev–Trinajstić information content (AvgIpc) is 2.75. The molecular formula is C9H9NOS. The number of nitrogens with zero attached hydrogens (tertiary/aromatic N) is 1. The molecule has 0 spiro atoms. The first-order valence-electron chi connectivity index (χ1n) is 3.87. The predicted octanol–water partition coefficient (Wildman–Crippen LogP) is 2.97. The maximum absolute atomic E-state index is 4.98. The van der Waals surface area contributed by atoms with E-state index in [0.29, 0.717) is 0 Å². The SMILES string of the molecule is CCc1cnc(-c2ccoc2)s1. The standard InChI is InChI=1S/C9H9NOS/c1-2-8-5-10-9(12-8)7-3-4-11-6-7/h3-6H,2H2,1H3. The van der Waals surface area contributed by atoms with Gasteiger partial charge in [-0.1, -0.05) is 6.92 Å². The number of rotatable bonds is 2. The first-order valence-corrected chi connectivity index (χ1v) is 4.69. The van der Waals surface area contributed by atoms with E-state index in [1.807, 2.05) is 12.3 Å². The van der Waals surface area contributed by atoms with E-state index < -0.39 is 0 Å². The number of aryl methyl sites for hydroxylation is 1. The van der Waals surface area contributed by atoms with Crippen LogP contribution in [-0.2, 0) is 6.42 Å². The third-order valence-electron chi connectivity index (χ3n) is 1.67. The Morgan fingerprint density at radius 2 is 2.50 bits per heavy atom. The second-order valence-corrected chi connectivity index (χ2v) is 3.61. The second kappa shape index (κ2) is 3.11. The van der Waals surface area contributed by atoms with Gasteiger partial charge in [0, 0.05) is 16.6 Å². The maximum Gasteiger partial charge on any atom is 0.126 e. The lowest BCUT2D eigenvalue weighted by atomic mass is 10.4. The highest BCUT2D eigenvalue weighted by molar-refractivity contribution is 7.15.